The second kappa shape index (κ2) is 4.23. The molecule has 1 heterocycles. The molecule has 17 heavy (non-hydrogen) atoms. The summed E-state index contributed by atoms with van der Waals surface area (Å²) in [6.45, 7) is 12.4. The molecule has 2 heteroatoms. The highest BCUT2D eigenvalue weighted by Gasteiger charge is 2.28. The number of fused-ring (bicyclic) bond motifs is 1. The van der Waals surface area contributed by atoms with Crippen molar-refractivity contribution >= 4 is 22.9 Å². The Balaban J connectivity index is 2.59. The molecule has 0 fully saturated rings. The van der Waals surface area contributed by atoms with Gasteiger partial charge in [0.2, 0.25) is 0 Å². The van der Waals surface area contributed by atoms with Crippen molar-refractivity contribution in [2.45, 2.75) is 26.2 Å². The van der Waals surface area contributed by atoms with Crippen molar-refractivity contribution in [2.75, 3.05) is 11.9 Å². The van der Waals surface area contributed by atoms with Gasteiger partial charge in [0.1, 0.15) is 0 Å². The van der Waals surface area contributed by atoms with Crippen molar-refractivity contribution in [3.63, 3.8) is 0 Å². The van der Waals surface area contributed by atoms with Gasteiger partial charge >= 0.3 is 0 Å². The highest BCUT2D eigenvalue weighted by molar-refractivity contribution is 6.32. The van der Waals surface area contributed by atoms with Gasteiger partial charge < -0.3 is 4.90 Å². The van der Waals surface area contributed by atoms with Crippen molar-refractivity contribution in [3.05, 3.63) is 47.1 Å². The zero-order chi connectivity index (χ0) is 12.7. The van der Waals surface area contributed by atoms with Crippen molar-refractivity contribution in [1.29, 1.82) is 0 Å². The summed E-state index contributed by atoms with van der Waals surface area (Å²) >= 11 is 6.33. The van der Waals surface area contributed by atoms with E-state index in [9.17, 15) is 0 Å². The lowest BCUT2D eigenvalue weighted by molar-refractivity contribution is 0.914. The van der Waals surface area contributed by atoms with E-state index in [4.69, 9.17) is 11.6 Å². The SMILES string of the molecule is C=C(CC)c1cc2c(cc1Cl)C(C)C(=C)N2C. The molecule has 0 amide bonds. The van der Waals surface area contributed by atoms with Crippen LogP contribution >= 0.6 is 11.6 Å². The number of anilines is 1. The molecule has 1 aliphatic rings. The number of hydrogen-bond acceptors (Lipinski definition) is 1. The smallest absolute Gasteiger partial charge is 0.0485 e. The van der Waals surface area contributed by atoms with E-state index < -0.39 is 0 Å². The number of allylic oxidation sites excluding steroid dienone is 2. The number of hydrogen-bond donors (Lipinski definition) is 0. The van der Waals surface area contributed by atoms with Gasteiger partial charge in [0.25, 0.3) is 0 Å². The van der Waals surface area contributed by atoms with Crippen LogP contribution < -0.4 is 4.90 Å². The van der Waals surface area contributed by atoms with Gasteiger partial charge in [-0.1, -0.05) is 38.6 Å². The molecule has 1 aliphatic heterocycles. The number of likely N-dealkylation sites (N-methyl/N-ethyl adjacent to an activating group) is 1. The van der Waals surface area contributed by atoms with Crippen molar-refractivity contribution in [3.8, 4) is 0 Å². The van der Waals surface area contributed by atoms with Gasteiger partial charge in [-0.2, -0.15) is 0 Å². The molecule has 0 saturated carbocycles. The molecule has 1 aromatic rings. The van der Waals surface area contributed by atoms with E-state index in [0.29, 0.717) is 5.92 Å². The first-order valence-corrected chi connectivity index (χ1v) is 6.29. The quantitative estimate of drug-likeness (QED) is 0.724. The van der Waals surface area contributed by atoms with Crippen LogP contribution in [-0.2, 0) is 0 Å². The zero-order valence-corrected chi connectivity index (χ0v) is 11.4. The topological polar surface area (TPSA) is 3.24 Å². The molecule has 0 spiro atoms. The van der Waals surface area contributed by atoms with Crippen LogP contribution in [0.15, 0.2) is 31.0 Å². The van der Waals surface area contributed by atoms with Gasteiger partial charge in [-0.25, -0.2) is 0 Å². The Labute approximate surface area is 108 Å². The van der Waals surface area contributed by atoms with Crippen molar-refractivity contribution in [1.82, 2.24) is 0 Å². The standard InChI is InChI=1S/C15H18ClN/c1-6-9(2)12-8-15-13(7-14(12)16)10(3)11(4)17(15)5/h7-8,10H,2,4,6H2,1,3,5H3. The van der Waals surface area contributed by atoms with Crippen LogP contribution in [0.2, 0.25) is 5.02 Å². The Morgan fingerprint density at radius 1 is 1.47 bits per heavy atom. The highest BCUT2D eigenvalue weighted by Crippen LogP contribution is 2.44. The molecule has 90 valence electrons. The Morgan fingerprint density at radius 3 is 2.71 bits per heavy atom. The molecule has 1 aromatic carbocycles. The molecule has 0 radical (unpaired) electrons. The molecule has 0 aliphatic carbocycles. The second-order valence-electron chi connectivity index (χ2n) is 4.62. The summed E-state index contributed by atoms with van der Waals surface area (Å²) in [6, 6.07) is 4.20. The summed E-state index contributed by atoms with van der Waals surface area (Å²) in [5.41, 5.74) is 5.72. The van der Waals surface area contributed by atoms with Crippen molar-refractivity contribution < 1.29 is 0 Å². The van der Waals surface area contributed by atoms with E-state index in [0.717, 1.165) is 28.3 Å². The van der Waals surface area contributed by atoms with E-state index in [1.165, 1.54) is 11.3 Å². The summed E-state index contributed by atoms with van der Waals surface area (Å²) in [6.07, 6.45) is 0.915. The minimum Gasteiger partial charge on any atom is -0.348 e. The summed E-state index contributed by atoms with van der Waals surface area (Å²) in [5, 5.41) is 0.797. The Hall–Kier alpha value is -1.21. The lowest BCUT2D eigenvalue weighted by atomic mass is 9.97. The first kappa shape index (κ1) is 12.3. The normalized spacial score (nSPS) is 18.5. The molecular formula is C15H18ClN. The maximum absolute atomic E-state index is 6.33. The highest BCUT2D eigenvalue weighted by atomic mass is 35.5. The largest absolute Gasteiger partial charge is 0.348 e. The van der Waals surface area contributed by atoms with Crippen LogP contribution in [0.25, 0.3) is 5.57 Å². The lowest BCUT2D eigenvalue weighted by Gasteiger charge is -2.16. The predicted molar refractivity (Wildman–Crippen MR) is 76.7 cm³/mol. The maximum atomic E-state index is 6.33. The van der Waals surface area contributed by atoms with Gasteiger partial charge in [-0.15, -0.1) is 0 Å². The second-order valence-corrected chi connectivity index (χ2v) is 5.03. The van der Waals surface area contributed by atoms with Crippen LogP contribution in [0.4, 0.5) is 5.69 Å². The molecule has 1 nitrogen and oxygen atoms in total. The lowest BCUT2D eigenvalue weighted by Crippen LogP contribution is -2.11. The van der Waals surface area contributed by atoms with Gasteiger partial charge in [0, 0.05) is 29.4 Å². The molecule has 0 bridgehead atoms. The molecule has 0 N–H and O–H groups in total. The predicted octanol–water partition coefficient (Wildman–Crippen LogP) is 4.83. The van der Waals surface area contributed by atoms with Crippen molar-refractivity contribution in [2.24, 2.45) is 0 Å². The summed E-state index contributed by atoms with van der Waals surface area (Å²) < 4.78 is 0. The molecule has 0 aromatic heterocycles. The number of halogens is 1. The fourth-order valence-corrected chi connectivity index (χ4v) is 2.61. The third-order valence-electron chi connectivity index (χ3n) is 3.68. The molecule has 2 rings (SSSR count). The average Bonchev–Trinajstić information content (AvgIpc) is 2.53. The van der Waals surface area contributed by atoms with Gasteiger partial charge in [-0.05, 0) is 35.3 Å². The molecule has 0 saturated heterocycles. The van der Waals surface area contributed by atoms with E-state index in [1.54, 1.807) is 0 Å². The van der Waals surface area contributed by atoms with Crippen LogP contribution in [-0.4, -0.2) is 7.05 Å². The summed E-state index contributed by atoms with van der Waals surface area (Å²) in [7, 11) is 2.05. The maximum Gasteiger partial charge on any atom is 0.0485 e. The zero-order valence-electron chi connectivity index (χ0n) is 10.7. The average molecular weight is 248 g/mol. The Bertz CT molecular complexity index is 502. The van der Waals surface area contributed by atoms with E-state index in [1.807, 2.05) is 0 Å². The Morgan fingerprint density at radius 2 is 2.12 bits per heavy atom. The first-order valence-electron chi connectivity index (χ1n) is 5.91. The molecular weight excluding hydrogens is 230 g/mol. The third-order valence-corrected chi connectivity index (χ3v) is 4.00. The summed E-state index contributed by atoms with van der Waals surface area (Å²) in [5.74, 6) is 0.344. The summed E-state index contributed by atoms with van der Waals surface area (Å²) in [4.78, 5) is 2.14. The number of benzene rings is 1. The van der Waals surface area contributed by atoms with Crippen LogP contribution in [0.5, 0.6) is 0 Å². The monoisotopic (exact) mass is 247 g/mol. The van der Waals surface area contributed by atoms with Crippen LogP contribution in [0.3, 0.4) is 0 Å². The van der Waals surface area contributed by atoms with Gasteiger partial charge in [0.05, 0.1) is 0 Å². The fraction of sp³-hybridized carbons (Fsp3) is 0.333. The Kier molecular flexibility index (Phi) is 3.05. The van der Waals surface area contributed by atoms with E-state index in [2.05, 4.69) is 51.1 Å². The molecule has 1 atom stereocenters. The first-order chi connectivity index (χ1) is 7.97. The van der Waals surface area contributed by atoms with Gasteiger partial charge in [-0.3, -0.25) is 0 Å². The van der Waals surface area contributed by atoms with E-state index >= 15 is 0 Å². The molecule has 1 unspecified atom stereocenters. The van der Waals surface area contributed by atoms with Gasteiger partial charge in [0.15, 0.2) is 0 Å². The number of nitrogens with zero attached hydrogens (tertiary/aromatic N) is 1. The minimum atomic E-state index is 0.344. The fourth-order valence-electron chi connectivity index (χ4n) is 2.30. The number of rotatable bonds is 2. The minimum absolute atomic E-state index is 0.344. The van der Waals surface area contributed by atoms with E-state index in [-0.39, 0.29) is 0 Å². The third kappa shape index (κ3) is 1.79. The van der Waals surface area contributed by atoms with Crippen LogP contribution in [0.1, 0.15) is 37.3 Å². The van der Waals surface area contributed by atoms with Crippen LogP contribution in [0, 0.1) is 0 Å².